The topological polar surface area (TPSA) is 47.4 Å². The zero-order valence-electron chi connectivity index (χ0n) is 14.6. The number of nitrogens with zero attached hydrogens (tertiary/aromatic N) is 3. The predicted octanol–water partition coefficient (Wildman–Crippen LogP) is 3.01. The number of carbonyl (C=O) groups is 1. The minimum absolute atomic E-state index is 0.0776. The standard InChI is InChI=1S/C20H20FN3O2/c1-14-10-15(2-3-17(14)21)16-11-19-18(22-12-16)4-5-24(19)13-20(25)23-6-8-26-9-7-23/h2-5,10-12H,6-9,13H2,1H3. The van der Waals surface area contributed by atoms with Crippen molar-refractivity contribution in [3.8, 4) is 11.1 Å². The van der Waals surface area contributed by atoms with Gasteiger partial charge in [-0.2, -0.15) is 0 Å². The fourth-order valence-corrected chi connectivity index (χ4v) is 3.24. The van der Waals surface area contributed by atoms with E-state index in [-0.39, 0.29) is 18.3 Å². The number of benzene rings is 1. The van der Waals surface area contributed by atoms with Gasteiger partial charge >= 0.3 is 0 Å². The number of carbonyl (C=O) groups excluding carboxylic acids is 1. The lowest BCUT2D eigenvalue weighted by atomic mass is 10.0. The highest BCUT2D eigenvalue weighted by atomic mass is 19.1. The van der Waals surface area contributed by atoms with Crippen molar-refractivity contribution in [2.75, 3.05) is 26.3 Å². The first-order valence-corrected chi connectivity index (χ1v) is 8.69. The number of morpholine rings is 1. The second-order valence-electron chi connectivity index (χ2n) is 6.53. The molecule has 1 fully saturated rings. The molecule has 5 nitrogen and oxygen atoms in total. The van der Waals surface area contributed by atoms with Crippen molar-refractivity contribution in [1.82, 2.24) is 14.5 Å². The Morgan fingerprint density at radius 1 is 1.19 bits per heavy atom. The highest BCUT2D eigenvalue weighted by Gasteiger charge is 2.18. The zero-order valence-corrected chi connectivity index (χ0v) is 14.6. The Morgan fingerprint density at radius 2 is 2.00 bits per heavy atom. The van der Waals surface area contributed by atoms with Crippen molar-refractivity contribution in [3.05, 3.63) is 54.1 Å². The van der Waals surface area contributed by atoms with Crippen molar-refractivity contribution in [2.45, 2.75) is 13.5 Å². The van der Waals surface area contributed by atoms with E-state index >= 15 is 0 Å². The van der Waals surface area contributed by atoms with Crippen LogP contribution in [0, 0.1) is 12.7 Å². The molecule has 0 spiro atoms. The summed E-state index contributed by atoms with van der Waals surface area (Å²) in [5.41, 5.74) is 4.14. The van der Waals surface area contributed by atoms with E-state index in [9.17, 15) is 9.18 Å². The average Bonchev–Trinajstić information content (AvgIpc) is 3.07. The zero-order chi connectivity index (χ0) is 18.1. The number of pyridine rings is 1. The van der Waals surface area contributed by atoms with Gasteiger partial charge in [0.25, 0.3) is 0 Å². The van der Waals surface area contributed by atoms with E-state index in [0.29, 0.717) is 31.9 Å². The lowest BCUT2D eigenvalue weighted by molar-refractivity contribution is -0.135. The lowest BCUT2D eigenvalue weighted by Gasteiger charge is -2.27. The molecule has 0 saturated carbocycles. The second-order valence-corrected chi connectivity index (χ2v) is 6.53. The predicted molar refractivity (Wildman–Crippen MR) is 97.3 cm³/mol. The Morgan fingerprint density at radius 3 is 2.77 bits per heavy atom. The van der Waals surface area contributed by atoms with Crippen LogP contribution in [0.5, 0.6) is 0 Å². The summed E-state index contributed by atoms with van der Waals surface area (Å²) in [5, 5.41) is 0. The molecule has 1 aliphatic heterocycles. The van der Waals surface area contributed by atoms with E-state index < -0.39 is 0 Å². The second kappa shape index (κ2) is 6.88. The lowest BCUT2D eigenvalue weighted by Crippen LogP contribution is -2.42. The maximum Gasteiger partial charge on any atom is 0.242 e. The number of halogens is 1. The third-order valence-electron chi connectivity index (χ3n) is 4.78. The molecular weight excluding hydrogens is 333 g/mol. The summed E-state index contributed by atoms with van der Waals surface area (Å²) in [5.74, 6) is -0.143. The molecule has 0 atom stereocenters. The molecule has 0 unspecified atom stereocenters. The van der Waals surface area contributed by atoms with Crippen molar-refractivity contribution in [2.24, 2.45) is 0 Å². The third kappa shape index (κ3) is 3.20. The van der Waals surface area contributed by atoms with Crippen LogP contribution in [-0.2, 0) is 16.1 Å². The van der Waals surface area contributed by atoms with Gasteiger partial charge in [-0.1, -0.05) is 6.07 Å². The first-order chi connectivity index (χ1) is 12.6. The summed E-state index contributed by atoms with van der Waals surface area (Å²) in [6, 6.07) is 8.93. The van der Waals surface area contributed by atoms with Gasteiger partial charge in [-0.15, -0.1) is 0 Å². The van der Waals surface area contributed by atoms with E-state index in [1.165, 1.54) is 6.07 Å². The van der Waals surface area contributed by atoms with Gasteiger partial charge in [0, 0.05) is 31.0 Å². The monoisotopic (exact) mass is 353 g/mol. The number of aromatic nitrogens is 2. The third-order valence-corrected chi connectivity index (χ3v) is 4.78. The number of ether oxygens (including phenoxy) is 1. The maximum absolute atomic E-state index is 13.5. The molecule has 6 heteroatoms. The summed E-state index contributed by atoms with van der Waals surface area (Å²) in [6.45, 7) is 4.47. The van der Waals surface area contributed by atoms with E-state index in [2.05, 4.69) is 4.98 Å². The van der Waals surface area contributed by atoms with Gasteiger partial charge in [0.15, 0.2) is 0 Å². The van der Waals surface area contributed by atoms with Crippen LogP contribution in [0.15, 0.2) is 42.7 Å². The Kier molecular flexibility index (Phi) is 4.42. The van der Waals surface area contributed by atoms with Gasteiger partial charge in [-0.3, -0.25) is 9.78 Å². The molecule has 0 N–H and O–H groups in total. The van der Waals surface area contributed by atoms with Gasteiger partial charge in [0.2, 0.25) is 5.91 Å². The van der Waals surface area contributed by atoms with Crippen molar-refractivity contribution in [3.63, 3.8) is 0 Å². The van der Waals surface area contributed by atoms with Crippen molar-refractivity contribution < 1.29 is 13.9 Å². The highest BCUT2D eigenvalue weighted by Crippen LogP contribution is 2.25. The molecule has 0 bridgehead atoms. The molecule has 1 amide bonds. The molecule has 1 aromatic carbocycles. The van der Waals surface area contributed by atoms with Crippen molar-refractivity contribution in [1.29, 1.82) is 0 Å². The van der Waals surface area contributed by atoms with Gasteiger partial charge in [0.1, 0.15) is 12.4 Å². The molecule has 3 aromatic rings. The molecule has 0 radical (unpaired) electrons. The van der Waals surface area contributed by atoms with Crippen molar-refractivity contribution >= 4 is 16.9 Å². The molecule has 0 aliphatic carbocycles. The molecule has 2 aromatic heterocycles. The molecule has 3 heterocycles. The van der Waals surface area contributed by atoms with Gasteiger partial charge in [-0.05, 0) is 42.3 Å². The Labute approximate surface area is 151 Å². The van der Waals surface area contributed by atoms with Crippen LogP contribution >= 0.6 is 0 Å². The van der Waals surface area contributed by atoms with E-state index in [4.69, 9.17) is 4.74 Å². The Hall–Kier alpha value is -2.73. The van der Waals surface area contributed by atoms with Crippen LogP contribution in [0.1, 0.15) is 5.56 Å². The summed E-state index contributed by atoms with van der Waals surface area (Å²) >= 11 is 0. The number of amides is 1. The number of fused-ring (bicyclic) bond motifs is 1. The largest absolute Gasteiger partial charge is 0.378 e. The summed E-state index contributed by atoms with van der Waals surface area (Å²) in [4.78, 5) is 18.9. The number of hydrogen-bond donors (Lipinski definition) is 0. The fourth-order valence-electron chi connectivity index (χ4n) is 3.24. The summed E-state index contributed by atoms with van der Waals surface area (Å²) < 4.78 is 20.7. The quantitative estimate of drug-likeness (QED) is 0.727. The smallest absolute Gasteiger partial charge is 0.242 e. The van der Waals surface area contributed by atoms with Gasteiger partial charge in [0.05, 0.1) is 24.2 Å². The maximum atomic E-state index is 13.5. The van der Waals surface area contributed by atoms with E-state index in [1.54, 1.807) is 19.2 Å². The van der Waals surface area contributed by atoms with E-state index in [0.717, 1.165) is 22.2 Å². The van der Waals surface area contributed by atoms with Crippen LogP contribution in [0.25, 0.3) is 22.2 Å². The first-order valence-electron chi connectivity index (χ1n) is 8.69. The molecular formula is C20H20FN3O2. The van der Waals surface area contributed by atoms with E-state index in [1.807, 2.05) is 33.9 Å². The fraction of sp³-hybridized carbons (Fsp3) is 0.300. The SMILES string of the molecule is Cc1cc(-c2cnc3ccn(CC(=O)N4CCOCC4)c3c2)ccc1F. The minimum atomic E-state index is -0.220. The van der Waals surface area contributed by atoms with Gasteiger partial charge < -0.3 is 14.2 Å². The average molecular weight is 353 g/mol. The normalized spacial score (nSPS) is 14.8. The van der Waals surface area contributed by atoms with Crippen LogP contribution in [-0.4, -0.2) is 46.7 Å². The van der Waals surface area contributed by atoms with Crippen LogP contribution < -0.4 is 0 Å². The first kappa shape index (κ1) is 16.7. The minimum Gasteiger partial charge on any atom is -0.378 e. The highest BCUT2D eigenvalue weighted by molar-refractivity contribution is 5.84. The van der Waals surface area contributed by atoms with Gasteiger partial charge in [-0.25, -0.2) is 4.39 Å². The number of rotatable bonds is 3. The number of aryl methyl sites for hydroxylation is 1. The molecule has 4 rings (SSSR count). The molecule has 1 saturated heterocycles. The molecule has 26 heavy (non-hydrogen) atoms. The Bertz CT molecular complexity index is 961. The summed E-state index contributed by atoms with van der Waals surface area (Å²) in [6.07, 6.45) is 3.67. The summed E-state index contributed by atoms with van der Waals surface area (Å²) in [7, 11) is 0. The van der Waals surface area contributed by atoms with Crippen LogP contribution in [0.2, 0.25) is 0 Å². The molecule has 1 aliphatic rings. The molecule has 134 valence electrons. The number of hydrogen-bond acceptors (Lipinski definition) is 3. The van der Waals surface area contributed by atoms with Crippen LogP contribution in [0.4, 0.5) is 4.39 Å². The van der Waals surface area contributed by atoms with Crippen LogP contribution in [0.3, 0.4) is 0 Å². The Balaban J connectivity index is 1.64.